The number of nitrogens with zero attached hydrogens (tertiary/aromatic N) is 3. The molecule has 0 aromatic carbocycles. The second-order valence-corrected chi connectivity index (χ2v) is 5.96. The van der Waals surface area contributed by atoms with Gasteiger partial charge in [-0.1, -0.05) is 0 Å². The summed E-state index contributed by atoms with van der Waals surface area (Å²) in [5.41, 5.74) is 0.129. The Bertz CT molecular complexity index is 387. The summed E-state index contributed by atoms with van der Waals surface area (Å²) in [5.74, 6) is 1.31. The quantitative estimate of drug-likeness (QED) is 0.854. The number of hydrogen-bond donors (Lipinski definition) is 1. The van der Waals surface area contributed by atoms with Crippen LogP contribution in [0.4, 0.5) is 5.95 Å². The summed E-state index contributed by atoms with van der Waals surface area (Å²) in [6.45, 7) is 12.2. The first kappa shape index (κ1) is 15.7. The van der Waals surface area contributed by atoms with Crippen molar-refractivity contribution >= 4 is 5.95 Å². The third kappa shape index (κ3) is 6.38. The lowest BCUT2D eigenvalue weighted by molar-refractivity contribution is 0.232. The molecule has 1 heterocycles. The molecule has 0 saturated heterocycles. The average Bonchev–Trinajstić information content (AvgIpc) is 2.26. The van der Waals surface area contributed by atoms with Gasteiger partial charge >= 0.3 is 0 Å². The van der Waals surface area contributed by atoms with Gasteiger partial charge in [0.15, 0.2) is 0 Å². The molecule has 0 aliphatic rings. The number of nitrogens with one attached hydrogen (secondary N) is 1. The van der Waals surface area contributed by atoms with Crippen LogP contribution in [0.2, 0.25) is 0 Å². The van der Waals surface area contributed by atoms with Gasteiger partial charge in [-0.25, -0.2) is 4.98 Å². The summed E-state index contributed by atoms with van der Waals surface area (Å²) < 4.78 is 5.57. The topological polar surface area (TPSA) is 50.3 Å². The molecule has 0 atom stereocenters. The fourth-order valence-electron chi connectivity index (χ4n) is 1.52. The molecule has 1 rings (SSSR count). The average molecular weight is 266 g/mol. The number of anilines is 1. The van der Waals surface area contributed by atoms with E-state index in [-0.39, 0.29) is 11.6 Å². The molecule has 0 spiro atoms. The van der Waals surface area contributed by atoms with Crippen molar-refractivity contribution in [2.24, 2.45) is 0 Å². The number of likely N-dealkylation sites (N-methyl/N-ethyl adjacent to an activating group) is 1. The highest BCUT2D eigenvalue weighted by molar-refractivity contribution is 5.30. The zero-order valence-electron chi connectivity index (χ0n) is 12.9. The van der Waals surface area contributed by atoms with E-state index < -0.39 is 0 Å². The van der Waals surface area contributed by atoms with Gasteiger partial charge in [-0.3, -0.25) is 0 Å². The van der Waals surface area contributed by atoms with Crippen molar-refractivity contribution in [2.75, 3.05) is 25.0 Å². The number of rotatable bonds is 6. The van der Waals surface area contributed by atoms with Crippen LogP contribution in [0.1, 0.15) is 34.6 Å². The molecule has 0 aliphatic heterocycles. The fraction of sp³-hybridized carbons (Fsp3) is 0.714. The van der Waals surface area contributed by atoms with Crippen molar-refractivity contribution in [1.29, 1.82) is 0 Å². The number of ether oxygens (including phenoxy) is 1. The van der Waals surface area contributed by atoms with Gasteiger partial charge in [-0.2, -0.15) is 4.98 Å². The molecule has 1 N–H and O–H groups in total. The Balaban J connectivity index is 2.54. The van der Waals surface area contributed by atoms with E-state index in [1.54, 1.807) is 12.3 Å². The molecule has 5 nitrogen and oxygen atoms in total. The van der Waals surface area contributed by atoms with Gasteiger partial charge in [0.05, 0.1) is 6.10 Å². The smallest absolute Gasteiger partial charge is 0.228 e. The van der Waals surface area contributed by atoms with E-state index in [4.69, 9.17) is 4.74 Å². The first-order chi connectivity index (χ1) is 8.78. The van der Waals surface area contributed by atoms with E-state index in [0.29, 0.717) is 11.8 Å². The Hall–Kier alpha value is -1.36. The number of aromatic nitrogens is 2. The summed E-state index contributed by atoms with van der Waals surface area (Å²) in [6.07, 6.45) is 1.85. The fourth-order valence-corrected chi connectivity index (χ4v) is 1.52. The second kappa shape index (κ2) is 6.70. The van der Waals surface area contributed by atoms with Crippen molar-refractivity contribution < 1.29 is 4.74 Å². The highest BCUT2D eigenvalue weighted by Crippen LogP contribution is 2.12. The number of hydrogen-bond acceptors (Lipinski definition) is 5. The molecule has 1 aromatic heterocycles. The van der Waals surface area contributed by atoms with Crippen molar-refractivity contribution in [3.05, 3.63) is 12.3 Å². The zero-order valence-corrected chi connectivity index (χ0v) is 12.9. The van der Waals surface area contributed by atoms with Crippen LogP contribution in [0, 0.1) is 0 Å². The molecular formula is C14H26N4O. The summed E-state index contributed by atoms with van der Waals surface area (Å²) in [7, 11) is 1.98. The Kier molecular flexibility index (Phi) is 5.54. The molecule has 0 fully saturated rings. The van der Waals surface area contributed by atoms with Crippen LogP contribution in [-0.4, -0.2) is 41.7 Å². The molecule has 0 radical (unpaired) electrons. The molecule has 19 heavy (non-hydrogen) atoms. The Morgan fingerprint density at radius 1 is 1.37 bits per heavy atom. The van der Waals surface area contributed by atoms with E-state index in [0.717, 1.165) is 13.1 Å². The van der Waals surface area contributed by atoms with Crippen molar-refractivity contribution in [3.63, 3.8) is 0 Å². The molecule has 0 aliphatic carbocycles. The minimum Gasteiger partial charge on any atom is -0.475 e. The summed E-state index contributed by atoms with van der Waals surface area (Å²) in [5, 5.41) is 3.44. The van der Waals surface area contributed by atoms with Crippen LogP contribution in [-0.2, 0) is 0 Å². The highest BCUT2D eigenvalue weighted by Gasteiger charge is 2.10. The minimum absolute atomic E-state index is 0.121. The van der Waals surface area contributed by atoms with Crippen LogP contribution < -0.4 is 15.0 Å². The van der Waals surface area contributed by atoms with Gasteiger partial charge in [0, 0.05) is 37.9 Å². The summed E-state index contributed by atoms with van der Waals surface area (Å²) >= 11 is 0. The van der Waals surface area contributed by atoms with Crippen molar-refractivity contribution in [1.82, 2.24) is 15.3 Å². The van der Waals surface area contributed by atoms with Crippen molar-refractivity contribution in [3.8, 4) is 5.88 Å². The molecule has 1 aromatic rings. The Morgan fingerprint density at radius 3 is 2.63 bits per heavy atom. The largest absolute Gasteiger partial charge is 0.475 e. The summed E-state index contributed by atoms with van der Waals surface area (Å²) in [6, 6.07) is 1.78. The van der Waals surface area contributed by atoms with Crippen molar-refractivity contribution in [2.45, 2.75) is 46.3 Å². The SMILES string of the molecule is CC(C)Oc1ccnc(N(C)CCNC(C)(C)C)n1. The predicted octanol–water partition coefficient (Wildman–Crippen LogP) is 2.09. The van der Waals surface area contributed by atoms with Gasteiger partial charge in [0.1, 0.15) is 0 Å². The Morgan fingerprint density at radius 2 is 2.05 bits per heavy atom. The van der Waals surface area contributed by atoms with Gasteiger partial charge in [-0.15, -0.1) is 0 Å². The van der Waals surface area contributed by atoms with E-state index >= 15 is 0 Å². The van der Waals surface area contributed by atoms with Crippen LogP contribution >= 0.6 is 0 Å². The molecule has 0 bridgehead atoms. The molecular weight excluding hydrogens is 240 g/mol. The van der Waals surface area contributed by atoms with Crippen LogP contribution in [0.15, 0.2) is 12.3 Å². The predicted molar refractivity (Wildman–Crippen MR) is 78.8 cm³/mol. The molecule has 0 amide bonds. The molecule has 0 saturated carbocycles. The van der Waals surface area contributed by atoms with Gasteiger partial charge in [0.2, 0.25) is 11.8 Å². The lowest BCUT2D eigenvalue weighted by Crippen LogP contribution is -2.40. The van der Waals surface area contributed by atoms with Gasteiger partial charge < -0.3 is 15.0 Å². The van der Waals surface area contributed by atoms with Gasteiger partial charge in [-0.05, 0) is 34.6 Å². The molecule has 108 valence electrons. The maximum atomic E-state index is 5.57. The standard InChI is InChI=1S/C14H26N4O/c1-11(2)19-12-7-8-15-13(17-12)18(6)10-9-16-14(3,4)5/h7-8,11,16H,9-10H2,1-6H3. The van der Waals surface area contributed by atoms with Crippen LogP contribution in [0.25, 0.3) is 0 Å². The first-order valence-corrected chi connectivity index (χ1v) is 6.74. The summed E-state index contributed by atoms with van der Waals surface area (Å²) in [4.78, 5) is 10.7. The van der Waals surface area contributed by atoms with E-state index in [2.05, 4.69) is 36.1 Å². The van der Waals surface area contributed by atoms with E-state index in [9.17, 15) is 0 Å². The monoisotopic (exact) mass is 266 g/mol. The third-order valence-corrected chi connectivity index (χ3v) is 2.42. The lowest BCUT2D eigenvalue weighted by atomic mass is 10.1. The molecule has 0 unspecified atom stereocenters. The van der Waals surface area contributed by atoms with Gasteiger partial charge in [0.25, 0.3) is 0 Å². The Labute approximate surface area is 116 Å². The third-order valence-electron chi connectivity index (χ3n) is 2.42. The normalized spacial score (nSPS) is 11.7. The zero-order chi connectivity index (χ0) is 14.5. The first-order valence-electron chi connectivity index (χ1n) is 6.74. The second-order valence-electron chi connectivity index (χ2n) is 5.96. The highest BCUT2D eigenvalue weighted by atomic mass is 16.5. The maximum Gasteiger partial charge on any atom is 0.228 e. The van der Waals surface area contributed by atoms with E-state index in [1.165, 1.54) is 0 Å². The van der Waals surface area contributed by atoms with E-state index in [1.807, 2.05) is 25.8 Å². The minimum atomic E-state index is 0.121. The lowest BCUT2D eigenvalue weighted by Gasteiger charge is -2.23. The van der Waals surface area contributed by atoms with Crippen LogP contribution in [0.5, 0.6) is 5.88 Å². The molecule has 5 heteroatoms. The maximum absolute atomic E-state index is 5.57. The van der Waals surface area contributed by atoms with Crippen LogP contribution in [0.3, 0.4) is 0 Å².